The molecular weight excluding hydrogens is 319 g/mol. The summed E-state index contributed by atoms with van der Waals surface area (Å²) in [5.41, 5.74) is 9.44. The monoisotopic (exact) mass is 328 g/mol. The van der Waals surface area contributed by atoms with Crippen LogP contribution in [0.2, 0.25) is 0 Å². The predicted molar refractivity (Wildman–Crippen MR) is 76.8 cm³/mol. The van der Waals surface area contributed by atoms with Crippen molar-refractivity contribution in [3.05, 3.63) is 40.5 Å². The van der Waals surface area contributed by atoms with Gasteiger partial charge in [-0.15, -0.1) is 11.3 Å². The van der Waals surface area contributed by atoms with Crippen LogP contribution in [0.25, 0.3) is 0 Å². The molecule has 0 spiro atoms. The molecule has 4 nitrogen and oxygen atoms in total. The molecule has 0 bridgehead atoms. The number of alkyl halides is 1. The minimum Gasteiger partial charge on any atom is -0.383 e. The van der Waals surface area contributed by atoms with E-state index in [4.69, 9.17) is 5.73 Å². The Morgan fingerprint density at radius 3 is 3.00 bits per heavy atom. The third-order valence-electron chi connectivity index (χ3n) is 2.10. The highest BCUT2D eigenvalue weighted by Crippen LogP contribution is 2.16. The van der Waals surface area contributed by atoms with Gasteiger partial charge in [0.25, 0.3) is 0 Å². The van der Waals surface area contributed by atoms with E-state index in [2.05, 4.69) is 31.4 Å². The molecule has 2 rings (SSSR count). The minimum absolute atomic E-state index is 0.309. The summed E-state index contributed by atoms with van der Waals surface area (Å²) in [6.07, 6.45) is 1.41. The SMILES string of the molecule is Nc1csc(NN=Cc2ccc(CBr)cc2F)n1. The second-order valence-corrected chi connectivity index (χ2v) is 4.86. The number of hydrogen-bond donors (Lipinski definition) is 2. The van der Waals surface area contributed by atoms with Crippen molar-refractivity contribution in [1.82, 2.24) is 4.98 Å². The van der Waals surface area contributed by atoms with E-state index < -0.39 is 0 Å². The first kappa shape index (κ1) is 13.0. The van der Waals surface area contributed by atoms with Gasteiger partial charge in [0.1, 0.15) is 11.6 Å². The maximum absolute atomic E-state index is 13.6. The normalized spacial score (nSPS) is 11.0. The zero-order chi connectivity index (χ0) is 13.0. The van der Waals surface area contributed by atoms with Crippen LogP contribution < -0.4 is 11.2 Å². The first-order chi connectivity index (χ1) is 8.69. The van der Waals surface area contributed by atoms with Gasteiger partial charge in [0.05, 0.1) is 6.21 Å². The summed E-state index contributed by atoms with van der Waals surface area (Å²) in [5, 5.41) is 6.80. The summed E-state index contributed by atoms with van der Waals surface area (Å²) < 4.78 is 13.6. The molecule has 0 aliphatic rings. The van der Waals surface area contributed by atoms with E-state index in [-0.39, 0.29) is 5.82 Å². The molecule has 18 heavy (non-hydrogen) atoms. The second-order valence-electron chi connectivity index (χ2n) is 3.44. The van der Waals surface area contributed by atoms with Gasteiger partial charge in [-0.1, -0.05) is 28.1 Å². The van der Waals surface area contributed by atoms with Gasteiger partial charge in [-0.05, 0) is 11.6 Å². The molecule has 2 aromatic rings. The Hall–Kier alpha value is -1.47. The van der Waals surface area contributed by atoms with Crippen LogP contribution in [0.1, 0.15) is 11.1 Å². The van der Waals surface area contributed by atoms with Crippen molar-refractivity contribution in [3.63, 3.8) is 0 Å². The molecule has 94 valence electrons. The maximum Gasteiger partial charge on any atom is 0.205 e. The molecule has 1 aromatic heterocycles. The number of anilines is 2. The number of thiazole rings is 1. The van der Waals surface area contributed by atoms with Gasteiger partial charge in [-0.3, -0.25) is 5.43 Å². The summed E-state index contributed by atoms with van der Waals surface area (Å²) in [4.78, 5) is 3.96. The molecule has 0 saturated heterocycles. The molecule has 0 unspecified atom stereocenters. The molecular formula is C11H10BrFN4S. The topological polar surface area (TPSA) is 63.3 Å². The van der Waals surface area contributed by atoms with Crippen LogP contribution >= 0.6 is 27.3 Å². The molecule has 7 heteroatoms. The molecule has 0 aliphatic heterocycles. The highest BCUT2D eigenvalue weighted by Gasteiger charge is 2.01. The quantitative estimate of drug-likeness (QED) is 0.514. The Morgan fingerprint density at radius 1 is 1.56 bits per heavy atom. The molecule has 3 N–H and O–H groups in total. The average molecular weight is 329 g/mol. The number of rotatable bonds is 4. The van der Waals surface area contributed by atoms with Gasteiger partial charge in [0.2, 0.25) is 5.13 Å². The van der Waals surface area contributed by atoms with Crippen LogP contribution in [-0.2, 0) is 5.33 Å². The molecule has 0 saturated carbocycles. The van der Waals surface area contributed by atoms with Gasteiger partial charge in [-0.2, -0.15) is 5.10 Å². The Balaban J connectivity index is 2.05. The zero-order valence-corrected chi connectivity index (χ0v) is 11.6. The molecule has 0 amide bonds. The van der Waals surface area contributed by atoms with E-state index in [1.807, 2.05) is 6.07 Å². The number of nitrogens with one attached hydrogen (secondary N) is 1. The average Bonchev–Trinajstić information content (AvgIpc) is 2.77. The number of hydrazone groups is 1. The highest BCUT2D eigenvalue weighted by molar-refractivity contribution is 9.08. The molecule has 1 heterocycles. The predicted octanol–water partition coefficient (Wildman–Crippen LogP) is 3.21. The van der Waals surface area contributed by atoms with E-state index in [0.717, 1.165) is 5.56 Å². The molecule has 1 aromatic carbocycles. The van der Waals surface area contributed by atoms with Crippen molar-refractivity contribution in [2.24, 2.45) is 5.10 Å². The Kier molecular flexibility index (Phi) is 4.27. The third kappa shape index (κ3) is 3.27. The smallest absolute Gasteiger partial charge is 0.205 e. The van der Waals surface area contributed by atoms with Crippen molar-refractivity contribution < 1.29 is 4.39 Å². The summed E-state index contributed by atoms with van der Waals surface area (Å²) >= 11 is 4.60. The fourth-order valence-electron chi connectivity index (χ4n) is 1.25. The maximum atomic E-state index is 13.6. The highest BCUT2D eigenvalue weighted by atomic mass is 79.9. The van der Waals surface area contributed by atoms with Crippen LogP contribution in [0.5, 0.6) is 0 Å². The summed E-state index contributed by atoms with van der Waals surface area (Å²) in [7, 11) is 0. The summed E-state index contributed by atoms with van der Waals surface area (Å²) in [6.45, 7) is 0. The van der Waals surface area contributed by atoms with Crippen LogP contribution in [0.3, 0.4) is 0 Å². The van der Waals surface area contributed by atoms with Crippen molar-refractivity contribution in [1.29, 1.82) is 0 Å². The second kappa shape index (κ2) is 5.92. The van der Waals surface area contributed by atoms with E-state index in [0.29, 0.717) is 21.8 Å². The molecule has 0 radical (unpaired) electrons. The molecule has 0 aliphatic carbocycles. The standard InChI is InChI=1S/C11H10BrFN4S/c12-4-7-1-2-8(9(13)3-7)5-15-17-11-16-10(14)6-18-11/h1-3,5-6H,4,14H2,(H,16,17). The minimum atomic E-state index is -0.309. The third-order valence-corrected chi connectivity index (χ3v) is 3.52. The Morgan fingerprint density at radius 2 is 2.39 bits per heavy atom. The van der Waals surface area contributed by atoms with Crippen molar-refractivity contribution in [2.75, 3.05) is 11.2 Å². The van der Waals surface area contributed by atoms with E-state index in [1.54, 1.807) is 11.4 Å². The van der Waals surface area contributed by atoms with Gasteiger partial charge < -0.3 is 5.73 Å². The Labute approximate surface area is 116 Å². The summed E-state index contributed by atoms with van der Waals surface area (Å²) in [6, 6.07) is 4.98. The molecule has 0 fully saturated rings. The first-order valence-corrected chi connectivity index (χ1v) is 7.03. The lowest BCUT2D eigenvalue weighted by atomic mass is 10.1. The van der Waals surface area contributed by atoms with Crippen LogP contribution in [0, 0.1) is 5.82 Å². The fourth-order valence-corrected chi connectivity index (χ4v) is 2.15. The van der Waals surface area contributed by atoms with Gasteiger partial charge in [0, 0.05) is 16.3 Å². The lowest BCUT2D eigenvalue weighted by molar-refractivity contribution is 0.624. The summed E-state index contributed by atoms with van der Waals surface area (Å²) in [5.74, 6) is 0.127. The lowest BCUT2D eigenvalue weighted by Gasteiger charge is -1.99. The number of nitrogens with two attached hydrogens (primary N) is 1. The van der Waals surface area contributed by atoms with Crippen molar-refractivity contribution >= 4 is 44.4 Å². The van der Waals surface area contributed by atoms with E-state index in [1.165, 1.54) is 23.6 Å². The van der Waals surface area contributed by atoms with Gasteiger partial charge >= 0.3 is 0 Å². The largest absolute Gasteiger partial charge is 0.383 e. The van der Waals surface area contributed by atoms with Gasteiger partial charge in [-0.25, -0.2) is 9.37 Å². The number of nitrogen functional groups attached to an aromatic ring is 1. The van der Waals surface area contributed by atoms with Crippen LogP contribution in [-0.4, -0.2) is 11.2 Å². The van der Waals surface area contributed by atoms with Crippen LogP contribution in [0.15, 0.2) is 28.7 Å². The Bertz CT molecular complexity index is 570. The number of halogens is 2. The lowest BCUT2D eigenvalue weighted by Crippen LogP contribution is -1.94. The molecule has 0 atom stereocenters. The first-order valence-electron chi connectivity index (χ1n) is 5.03. The number of nitrogens with zero attached hydrogens (tertiary/aromatic N) is 2. The van der Waals surface area contributed by atoms with Crippen molar-refractivity contribution in [3.8, 4) is 0 Å². The van der Waals surface area contributed by atoms with E-state index >= 15 is 0 Å². The fraction of sp³-hybridized carbons (Fsp3) is 0.0909. The zero-order valence-electron chi connectivity index (χ0n) is 9.23. The number of benzene rings is 1. The van der Waals surface area contributed by atoms with Crippen molar-refractivity contribution in [2.45, 2.75) is 5.33 Å². The number of aromatic nitrogens is 1. The van der Waals surface area contributed by atoms with E-state index in [9.17, 15) is 4.39 Å². The number of hydrogen-bond acceptors (Lipinski definition) is 5. The van der Waals surface area contributed by atoms with Gasteiger partial charge in [0.15, 0.2) is 0 Å². The van der Waals surface area contributed by atoms with Crippen LogP contribution in [0.4, 0.5) is 15.3 Å².